The summed E-state index contributed by atoms with van der Waals surface area (Å²) in [5, 5.41) is 0. The number of carbonyl (C=O) groups is 3. The van der Waals surface area contributed by atoms with Crippen molar-refractivity contribution in [2.24, 2.45) is 0 Å². The molecule has 3 aromatic carbocycles. The summed E-state index contributed by atoms with van der Waals surface area (Å²) in [5.41, 5.74) is 2.60. The summed E-state index contributed by atoms with van der Waals surface area (Å²) in [6.07, 6.45) is 0. The number of hydrogen-bond acceptors (Lipinski definition) is 3. The number of hydrogen-bond donors (Lipinski definition) is 0. The van der Waals surface area contributed by atoms with E-state index in [1.807, 2.05) is 60.7 Å². The van der Waals surface area contributed by atoms with Crippen molar-refractivity contribution in [2.75, 3.05) is 13.6 Å². The molecule has 0 aromatic heterocycles. The molecule has 0 fully saturated rings. The van der Waals surface area contributed by atoms with Crippen molar-refractivity contribution >= 4 is 17.7 Å². The molecule has 1 heterocycles. The van der Waals surface area contributed by atoms with E-state index in [1.165, 1.54) is 0 Å². The third kappa shape index (κ3) is 3.43. The molecule has 29 heavy (non-hydrogen) atoms. The van der Waals surface area contributed by atoms with Crippen molar-refractivity contribution in [1.82, 2.24) is 9.80 Å². The molecule has 3 amide bonds. The van der Waals surface area contributed by atoms with Crippen LogP contribution in [0.15, 0.2) is 84.9 Å². The topological polar surface area (TPSA) is 57.7 Å². The van der Waals surface area contributed by atoms with Gasteiger partial charge in [-0.1, -0.05) is 72.8 Å². The zero-order valence-electron chi connectivity index (χ0n) is 16.0. The second kappa shape index (κ2) is 7.72. The minimum Gasteiger partial charge on any atom is -0.333 e. The maximum Gasteiger partial charge on any atom is 0.262 e. The lowest BCUT2D eigenvalue weighted by atomic mass is 9.97. The first-order valence-electron chi connectivity index (χ1n) is 9.38. The minimum absolute atomic E-state index is 0.293. The molecule has 1 aliphatic rings. The lowest BCUT2D eigenvalue weighted by Crippen LogP contribution is -2.42. The van der Waals surface area contributed by atoms with E-state index >= 15 is 0 Å². The fourth-order valence-corrected chi connectivity index (χ4v) is 3.68. The molecule has 0 atom stereocenters. The van der Waals surface area contributed by atoms with E-state index in [1.54, 1.807) is 36.2 Å². The Bertz CT molecular complexity index is 989. The number of benzene rings is 3. The van der Waals surface area contributed by atoms with Crippen molar-refractivity contribution in [1.29, 1.82) is 0 Å². The molecule has 144 valence electrons. The van der Waals surface area contributed by atoms with Gasteiger partial charge in [-0.05, 0) is 23.3 Å². The first-order chi connectivity index (χ1) is 14.1. The molecule has 0 aliphatic carbocycles. The van der Waals surface area contributed by atoms with Gasteiger partial charge in [-0.2, -0.15) is 0 Å². The van der Waals surface area contributed by atoms with E-state index in [4.69, 9.17) is 0 Å². The minimum atomic E-state index is -0.427. The smallest absolute Gasteiger partial charge is 0.262 e. The summed E-state index contributed by atoms with van der Waals surface area (Å²) in [6, 6.07) is 25.7. The predicted molar refractivity (Wildman–Crippen MR) is 109 cm³/mol. The van der Waals surface area contributed by atoms with Gasteiger partial charge in [-0.15, -0.1) is 0 Å². The lowest BCUT2D eigenvalue weighted by molar-refractivity contribution is -0.131. The molecule has 0 spiro atoms. The van der Waals surface area contributed by atoms with Crippen molar-refractivity contribution in [3.8, 4) is 0 Å². The molecule has 1 aliphatic heterocycles. The van der Waals surface area contributed by atoms with Crippen LogP contribution in [0.1, 0.15) is 37.9 Å². The summed E-state index contributed by atoms with van der Waals surface area (Å²) in [4.78, 5) is 40.9. The molecule has 0 bridgehead atoms. The third-order valence-corrected chi connectivity index (χ3v) is 5.18. The van der Waals surface area contributed by atoms with Crippen LogP contribution in [-0.4, -0.2) is 41.1 Å². The molecular formula is C24H20N2O3. The van der Waals surface area contributed by atoms with E-state index in [-0.39, 0.29) is 18.5 Å². The van der Waals surface area contributed by atoms with Gasteiger partial charge in [0, 0.05) is 7.05 Å². The van der Waals surface area contributed by atoms with Crippen molar-refractivity contribution in [3.63, 3.8) is 0 Å². The Labute approximate surface area is 169 Å². The van der Waals surface area contributed by atoms with Crippen LogP contribution in [0.3, 0.4) is 0 Å². The second-order valence-electron chi connectivity index (χ2n) is 6.97. The van der Waals surface area contributed by atoms with Crippen LogP contribution in [-0.2, 0) is 4.79 Å². The molecule has 3 aromatic rings. The average Bonchev–Trinajstić information content (AvgIpc) is 3.00. The Hall–Kier alpha value is -3.73. The Morgan fingerprint density at radius 1 is 0.759 bits per heavy atom. The maximum absolute atomic E-state index is 13.1. The van der Waals surface area contributed by atoms with Gasteiger partial charge >= 0.3 is 0 Å². The van der Waals surface area contributed by atoms with Crippen LogP contribution >= 0.6 is 0 Å². The highest BCUT2D eigenvalue weighted by Gasteiger charge is 2.37. The molecule has 0 saturated heterocycles. The number of imide groups is 1. The molecule has 0 saturated carbocycles. The van der Waals surface area contributed by atoms with Gasteiger partial charge in [0.1, 0.15) is 6.54 Å². The molecule has 5 heteroatoms. The van der Waals surface area contributed by atoms with E-state index in [0.29, 0.717) is 11.1 Å². The predicted octanol–water partition coefficient (Wildman–Crippen LogP) is 3.53. The van der Waals surface area contributed by atoms with Crippen molar-refractivity contribution < 1.29 is 14.4 Å². The second-order valence-corrected chi connectivity index (χ2v) is 6.97. The van der Waals surface area contributed by atoms with E-state index in [9.17, 15) is 14.4 Å². The third-order valence-electron chi connectivity index (χ3n) is 5.18. The SMILES string of the molecule is CN(C(=O)CN1C(=O)c2ccccc2C1=O)C(c1ccccc1)c1ccccc1. The van der Waals surface area contributed by atoms with Gasteiger partial charge in [0.2, 0.25) is 5.91 Å². The monoisotopic (exact) mass is 384 g/mol. The molecule has 5 nitrogen and oxygen atoms in total. The first-order valence-corrected chi connectivity index (χ1v) is 9.38. The molecule has 0 radical (unpaired) electrons. The summed E-state index contributed by atoms with van der Waals surface area (Å²) in [6.45, 7) is -0.293. The normalized spacial score (nSPS) is 13.0. The van der Waals surface area contributed by atoms with Crippen LogP contribution in [0.2, 0.25) is 0 Å². The van der Waals surface area contributed by atoms with Gasteiger partial charge in [0.05, 0.1) is 17.2 Å². The average molecular weight is 384 g/mol. The molecular weight excluding hydrogens is 364 g/mol. The number of carbonyl (C=O) groups excluding carboxylic acids is 3. The van der Waals surface area contributed by atoms with Gasteiger partial charge < -0.3 is 4.90 Å². The van der Waals surface area contributed by atoms with Crippen molar-refractivity contribution in [3.05, 3.63) is 107 Å². The zero-order chi connectivity index (χ0) is 20.4. The Kier molecular flexibility index (Phi) is 4.96. The standard InChI is InChI=1S/C24H20N2O3/c1-25(22(17-10-4-2-5-11-17)18-12-6-3-7-13-18)21(27)16-26-23(28)19-14-8-9-15-20(19)24(26)29/h2-15,22H,16H2,1H3. The highest BCUT2D eigenvalue weighted by molar-refractivity contribution is 6.22. The summed E-state index contributed by atoms with van der Waals surface area (Å²) in [7, 11) is 1.70. The molecule has 0 unspecified atom stereocenters. The summed E-state index contributed by atoms with van der Waals surface area (Å²) < 4.78 is 0. The van der Waals surface area contributed by atoms with Crippen LogP contribution < -0.4 is 0 Å². The van der Waals surface area contributed by atoms with Crippen LogP contribution in [0.4, 0.5) is 0 Å². The Morgan fingerprint density at radius 3 is 1.62 bits per heavy atom. The number of nitrogens with zero attached hydrogens (tertiary/aromatic N) is 2. The fourth-order valence-electron chi connectivity index (χ4n) is 3.68. The van der Waals surface area contributed by atoms with Gasteiger partial charge in [0.15, 0.2) is 0 Å². The highest BCUT2D eigenvalue weighted by atomic mass is 16.2. The molecule has 4 rings (SSSR count). The largest absolute Gasteiger partial charge is 0.333 e. The highest BCUT2D eigenvalue weighted by Crippen LogP contribution is 2.28. The van der Waals surface area contributed by atoms with Gasteiger partial charge in [-0.3, -0.25) is 19.3 Å². The van der Waals surface area contributed by atoms with Crippen LogP contribution in [0, 0.1) is 0 Å². The number of fused-ring (bicyclic) bond motifs is 1. The van der Waals surface area contributed by atoms with Gasteiger partial charge in [0.25, 0.3) is 11.8 Å². The van der Waals surface area contributed by atoms with Crippen molar-refractivity contribution in [2.45, 2.75) is 6.04 Å². The van der Waals surface area contributed by atoms with E-state index < -0.39 is 11.8 Å². The Morgan fingerprint density at radius 2 is 1.17 bits per heavy atom. The quantitative estimate of drug-likeness (QED) is 0.633. The summed E-state index contributed by atoms with van der Waals surface area (Å²) >= 11 is 0. The number of amides is 3. The van der Waals surface area contributed by atoms with Crippen LogP contribution in [0.5, 0.6) is 0 Å². The van der Waals surface area contributed by atoms with E-state index in [2.05, 4.69) is 0 Å². The summed E-state index contributed by atoms with van der Waals surface area (Å²) in [5.74, 6) is -1.16. The first kappa shape index (κ1) is 18.6. The number of likely N-dealkylation sites (N-methyl/N-ethyl adjacent to an activating group) is 1. The lowest BCUT2D eigenvalue weighted by Gasteiger charge is -2.30. The molecule has 0 N–H and O–H groups in total. The van der Waals surface area contributed by atoms with E-state index in [0.717, 1.165) is 16.0 Å². The van der Waals surface area contributed by atoms with Crippen LogP contribution in [0.25, 0.3) is 0 Å². The fraction of sp³-hybridized carbons (Fsp3) is 0.125. The zero-order valence-corrected chi connectivity index (χ0v) is 16.0. The number of rotatable bonds is 5. The van der Waals surface area contributed by atoms with Gasteiger partial charge in [-0.25, -0.2) is 0 Å². The Balaban J connectivity index is 1.61. The maximum atomic E-state index is 13.1.